The third-order valence-corrected chi connectivity index (χ3v) is 3.14. The predicted octanol–water partition coefficient (Wildman–Crippen LogP) is 1.83. The summed E-state index contributed by atoms with van der Waals surface area (Å²) < 4.78 is 9.78. The average Bonchev–Trinajstić information content (AvgIpc) is 2.98. The number of rotatable bonds is 5. The summed E-state index contributed by atoms with van der Waals surface area (Å²) in [5.41, 5.74) is 0.273. The topological polar surface area (TPSA) is 102 Å². The number of aromatic nitrogens is 1. The zero-order valence-electron chi connectivity index (χ0n) is 9.87. The lowest BCUT2D eigenvalue weighted by atomic mass is 10.4. The van der Waals surface area contributed by atoms with Crippen molar-refractivity contribution in [1.82, 2.24) is 4.98 Å². The Balaban J connectivity index is 2.19. The first-order valence-electron chi connectivity index (χ1n) is 5.18. The number of anilines is 1. The van der Waals surface area contributed by atoms with Crippen molar-refractivity contribution in [3.63, 3.8) is 0 Å². The fourth-order valence-corrected chi connectivity index (χ4v) is 2.18. The maximum absolute atomic E-state index is 11.7. The van der Waals surface area contributed by atoms with Gasteiger partial charge in [-0.25, -0.2) is 9.78 Å². The van der Waals surface area contributed by atoms with Gasteiger partial charge in [-0.15, -0.1) is 0 Å². The summed E-state index contributed by atoms with van der Waals surface area (Å²) in [5.74, 6) is -1.47. The van der Waals surface area contributed by atoms with Crippen molar-refractivity contribution >= 4 is 28.3 Å². The summed E-state index contributed by atoms with van der Waals surface area (Å²) in [6.07, 6.45) is 1.37. The number of amides is 1. The Morgan fingerprint density at radius 1 is 1.58 bits per heavy atom. The minimum atomic E-state index is -1.11. The van der Waals surface area contributed by atoms with Gasteiger partial charge in [0.2, 0.25) is 0 Å². The molecule has 0 radical (unpaired) electrons. The monoisotopic (exact) mass is 282 g/mol. The molecule has 0 unspecified atom stereocenters. The summed E-state index contributed by atoms with van der Waals surface area (Å²) in [4.78, 5) is 26.8. The highest BCUT2D eigenvalue weighted by Gasteiger charge is 2.19. The Morgan fingerprint density at radius 3 is 2.95 bits per heavy atom. The van der Waals surface area contributed by atoms with Crippen LogP contribution in [0.3, 0.4) is 0 Å². The van der Waals surface area contributed by atoms with Gasteiger partial charge in [0.05, 0.1) is 18.6 Å². The van der Waals surface area contributed by atoms with E-state index in [-0.39, 0.29) is 28.1 Å². The van der Waals surface area contributed by atoms with E-state index < -0.39 is 11.9 Å². The lowest BCUT2D eigenvalue weighted by molar-refractivity contribution is 0.0696. The number of carboxylic acids is 1. The molecule has 2 N–H and O–H groups in total. The SMILES string of the molecule is COCc1nc(NC(=O)c2ccco2)sc1C(=O)O. The minimum absolute atomic E-state index is 0.0385. The van der Waals surface area contributed by atoms with Gasteiger partial charge in [-0.05, 0) is 12.1 Å². The van der Waals surface area contributed by atoms with Crippen LogP contribution >= 0.6 is 11.3 Å². The number of ether oxygens (including phenoxy) is 1. The highest BCUT2D eigenvalue weighted by Crippen LogP contribution is 2.24. The van der Waals surface area contributed by atoms with Crippen molar-refractivity contribution in [2.75, 3.05) is 12.4 Å². The molecule has 2 aromatic rings. The minimum Gasteiger partial charge on any atom is -0.477 e. The van der Waals surface area contributed by atoms with Gasteiger partial charge in [0.25, 0.3) is 5.91 Å². The Labute approximate surface area is 111 Å². The molecule has 0 aliphatic carbocycles. The highest BCUT2D eigenvalue weighted by molar-refractivity contribution is 7.17. The molecule has 0 atom stereocenters. The lowest BCUT2D eigenvalue weighted by Gasteiger charge is -1.97. The van der Waals surface area contributed by atoms with Crippen molar-refractivity contribution in [3.8, 4) is 0 Å². The molecule has 0 spiro atoms. The zero-order valence-corrected chi connectivity index (χ0v) is 10.7. The van der Waals surface area contributed by atoms with E-state index >= 15 is 0 Å². The number of nitrogens with zero attached hydrogens (tertiary/aromatic N) is 1. The Kier molecular flexibility index (Phi) is 3.93. The molecule has 0 bridgehead atoms. The number of nitrogens with one attached hydrogen (secondary N) is 1. The van der Waals surface area contributed by atoms with Crippen LogP contribution in [0.5, 0.6) is 0 Å². The molecule has 7 nitrogen and oxygen atoms in total. The first-order valence-corrected chi connectivity index (χ1v) is 6.00. The molecule has 0 saturated carbocycles. The van der Waals surface area contributed by atoms with Gasteiger partial charge in [-0.1, -0.05) is 11.3 Å². The van der Waals surface area contributed by atoms with Crippen LogP contribution in [-0.4, -0.2) is 29.1 Å². The Bertz CT molecular complexity index is 590. The standard InChI is InChI=1S/C11H10N2O5S/c1-17-5-6-8(10(15)16)19-11(12-6)13-9(14)7-3-2-4-18-7/h2-4H,5H2,1H3,(H,15,16)(H,12,13,14). The van der Waals surface area contributed by atoms with E-state index in [4.69, 9.17) is 14.3 Å². The van der Waals surface area contributed by atoms with Crippen molar-refractivity contribution in [1.29, 1.82) is 0 Å². The van der Waals surface area contributed by atoms with E-state index in [1.165, 1.54) is 19.4 Å². The first-order chi connectivity index (χ1) is 9.11. The molecule has 0 saturated heterocycles. The Morgan fingerprint density at radius 2 is 2.37 bits per heavy atom. The molecule has 0 aliphatic rings. The van der Waals surface area contributed by atoms with Crippen LogP contribution in [0.1, 0.15) is 25.9 Å². The maximum Gasteiger partial charge on any atom is 0.347 e. The van der Waals surface area contributed by atoms with Gasteiger partial charge in [0.1, 0.15) is 4.88 Å². The number of aromatic carboxylic acids is 1. The fourth-order valence-electron chi connectivity index (χ4n) is 1.37. The molecule has 2 rings (SSSR count). The van der Waals surface area contributed by atoms with Crippen LogP contribution < -0.4 is 5.32 Å². The molecule has 0 aromatic carbocycles. The average molecular weight is 282 g/mol. The van der Waals surface area contributed by atoms with Crippen molar-refractivity contribution < 1.29 is 23.8 Å². The zero-order chi connectivity index (χ0) is 13.8. The molecule has 0 aliphatic heterocycles. The van der Waals surface area contributed by atoms with Gasteiger partial charge < -0.3 is 14.3 Å². The van der Waals surface area contributed by atoms with E-state index in [1.54, 1.807) is 6.07 Å². The van der Waals surface area contributed by atoms with Gasteiger partial charge in [0, 0.05) is 7.11 Å². The van der Waals surface area contributed by atoms with Gasteiger partial charge in [0.15, 0.2) is 10.9 Å². The molecule has 2 aromatic heterocycles. The van der Waals surface area contributed by atoms with Gasteiger partial charge in [-0.3, -0.25) is 10.1 Å². The van der Waals surface area contributed by atoms with Crippen molar-refractivity contribution in [2.24, 2.45) is 0 Å². The van der Waals surface area contributed by atoms with Crippen molar-refractivity contribution in [2.45, 2.75) is 6.61 Å². The van der Waals surface area contributed by atoms with Crippen LogP contribution in [0.25, 0.3) is 0 Å². The lowest BCUT2D eigenvalue weighted by Crippen LogP contribution is -2.10. The van der Waals surface area contributed by atoms with Crippen LogP contribution in [0.2, 0.25) is 0 Å². The summed E-state index contributed by atoms with van der Waals surface area (Å²) in [6.45, 7) is 0.0642. The highest BCUT2D eigenvalue weighted by atomic mass is 32.1. The van der Waals surface area contributed by atoms with E-state index in [0.29, 0.717) is 0 Å². The van der Waals surface area contributed by atoms with E-state index in [0.717, 1.165) is 11.3 Å². The molecule has 19 heavy (non-hydrogen) atoms. The second-order valence-corrected chi connectivity index (χ2v) is 4.46. The summed E-state index contributed by atoms with van der Waals surface area (Å²) >= 11 is 0.869. The number of methoxy groups -OCH3 is 1. The molecule has 100 valence electrons. The second kappa shape index (κ2) is 5.63. The van der Waals surface area contributed by atoms with Crippen LogP contribution in [0.4, 0.5) is 5.13 Å². The second-order valence-electron chi connectivity index (χ2n) is 3.46. The molecular formula is C11H10N2O5S. The molecule has 0 fully saturated rings. The molecule has 2 heterocycles. The number of thiazole rings is 1. The third-order valence-electron chi connectivity index (χ3n) is 2.14. The number of furan rings is 1. The summed E-state index contributed by atoms with van der Waals surface area (Å²) in [7, 11) is 1.44. The summed E-state index contributed by atoms with van der Waals surface area (Å²) in [6, 6.07) is 3.08. The molecular weight excluding hydrogens is 272 g/mol. The summed E-state index contributed by atoms with van der Waals surface area (Å²) in [5, 5.41) is 11.7. The van der Waals surface area contributed by atoms with E-state index in [9.17, 15) is 9.59 Å². The number of carboxylic acid groups (broad SMARTS) is 1. The predicted molar refractivity (Wildman–Crippen MR) is 66.4 cm³/mol. The van der Waals surface area contributed by atoms with Crippen molar-refractivity contribution in [3.05, 3.63) is 34.7 Å². The number of hydrogen-bond donors (Lipinski definition) is 2. The van der Waals surface area contributed by atoms with E-state index in [2.05, 4.69) is 10.3 Å². The van der Waals surface area contributed by atoms with Crippen LogP contribution in [-0.2, 0) is 11.3 Å². The third kappa shape index (κ3) is 2.98. The molecule has 8 heteroatoms. The number of hydrogen-bond acceptors (Lipinski definition) is 6. The van der Waals surface area contributed by atoms with Crippen LogP contribution in [0.15, 0.2) is 22.8 Å². The maximum atomic E-state index is 11.7. The molecule has 1 amide bonds. The normalized spacial score (nSPS) is 10.4. The smallest absolute Gasteiger partial charge is 0.347 e. The van der Waals surface area contributed by atoms with Crippen LogP contribution in [0, 0.1) is 0 Å². The van der Waals surface area contributed by atoms with E-state index in [1.807, 2.05) is 0 Å². The number of carbonyl (C=O) groups excluding carboxylic acids is 1. The quantitative estimate of drug-likeness (QED) is 0.867. The first kappa shape index (κ1) is 13.2. The largest absolute Gasteiger partial charge is 0.477 e. The number of carbonyl (C=O) groups is 2. The van der Waals surface area contributed by atoms with Gasteiger partial charge in [-0.2, -0.15) is 0 Å². The Hall–Kier alpha value is -2.19. The van der Waals surface area contributed by atoms with Gasteiger partial charge >= 0.3 is 5.97 Å². The fraction of sp³-hybridized carbons (Fsp3) is 0.182.